The van der Waals surface area contributed by atoms with Crippen LogP contribution in [0.4, 0.5) is 5.82 Å². The Morgan fingerprint density at radius 3 is 2.89 bits per heavy atom. The van der Waals surface area contributed by atoms with Gasteiger partial charge in [0.25, 0.3) is 0 Å². The number of rotatable bonds is 5. The molecule has 1 aliphatic heterocycles. The maximum Gasteiger partial charge on any atom is 0.126 e. The van der Waals surface area contributed by atoms with Gasteiger partial charge < -0.3 is 5.32 Å². The predicted octanol–water partition coefficient (Wildman–Crippen LogP) is 2.04. The molecule has 0 aromatic carbocycles. The molecule has 1 aromatic rings. The van der Waals surface area contributed by atoms with Gasteiger partial charge in [0.05, 0.1) is 0 Å². The lowest BCUT2D eigenvalue weighted by molar-refractivity contribution is 0.0834. The average Bonchev–Trinajstić information content (AvgIpc) is 2.40. The molecule has 1 aliphatic rings. The van der Waals surface area contributed by atoms with E-state index in [-0.39, 0.29) is 0 Å². The predicted molar refractivity (Wildman–Crippen MR) is 80.4 cm³/mol. The highest BCUT2D eigenvalue weighted by atomic mass is 15.3. The van der Waals surface area contributed by atoms with Gasteiger partial charge in [-0.25, -0.2) is 4.98 Å². The first-order valence-electron chi connectivity index (χ1n) is 7.38. The summed E-state index contributed by atoms with van der Waals surface area (Å²) in [5.74, 6) is 0.986. The van der Waals surface area contributed by atoms with E-state index < -0.39 is 0 Å². The van der Waals surface area contributed by atoms with Gasteiger partial charge in [-0.15, -0.1) is 0 Å². The average molecular weight is 262 g/mol. The number of nitrogens with zero attached hydrogens (tertiary/aromatic N) is 3. The maximum atomic E-state index is 4.32. The van der Waals surface area contributed by atoms with Crippen molar-refractivity contribution in [3.8, 4) is 0 Å². The SMILES string of the molecule is CCNc1cc(CN2CCN(CC)C(C)C2)ccn1. The molecule has 0 spiro atoms. The van der Waals surface area contributed by atoms with Gasteiger partial charge in [0.2, 0.25) is 0 Å². The lowest BCUT2D eigenvalue weighted by atomic mass is 10.1. The molecular formula is C15H26N4. The first-order chi connectivity index (χ1) is 9.22. The minimum atomic E-state index is 0.661. The van der Waals surface area contributed by atoms with E-state index in [1.807, 2.05) is 6.20 Å². The van der Waals surface area contributed by atoms with Crippen LogP contribution >= 0.6 is 0 Å². The molecule has 1 fully saturated rings. The molecule has 4 nitrogen and oxygen atoms in total. The summed E-state index contributed by atoms with van der Waals surface area (Å²) in [4.78, 5) is 9.42. The topological polar surface area (TPSA) is 31.4 Å². The molecule has 19 heavy (non-hydrogen) atoms. The van der Waals surface area contributed by atoms with Crippen LogP contribution in [0.2, 0.25) is 0 Å². The molecule has 0 bridgehead atoms. The van der Waals surface area contributed by atoms with Gasteiger partial charge in [0.15, 0.2) is 0 Å². The molecule has 0 amide bonds. The van der Waals surface area contributed by atoms with Crippen molar-refractivity contribution >= 4 is 5.82 Å². The number of hydrogen-bond donors (Lipinski definition) is 1. The standard InChI is InChI=1S/C15H26N4/c1-4-16-15-10-14(6-7-17-15)12-18-8-9-19(5-2)13(3)11-18/h6-7,10,13H,4-5,8-9,11-12H2,1-3H3,(H,16,17). The van der Waals surface area contributed by atoms with E-state index in [1.54, 1.807) is 0 Å². The Bertz CT molecular complexity index is 393. The summed E-state index contributed by atoms with van der Waals surface area (Å²) in [5.41, 5.74) is 1.35. The molecule has 4 heteroatoms. The molecule has 1 aromatic heterocycles. The van der Waals surface area contributed by atoms with Crippen LogP contribution in [0.25, 0.3) is 0 Å². The Balaban J connectivity index is 1.92. The second kappa shape index (κ2) is 6.87. The molecule has 1 N–H and O–H groups in total. The Labute approximate surface area is 116 Å². The van der Waals surface area contributed by atoms with Crippen LogP contribution in [0.5, 0.6) is 0 Å². The van der Waals surface area contributed by atoms with E-state index in [0.29, 0.717) is 6.04 Å². The fraction of sp³-hybridized carbons (Fsp3) is 0.667. The summed E-state index contributed by atoms with van der Waals surface area (Å²) in [5, 5.41) is 3.27. The lowest BCUT2D eigenvalue weighted by Crippen LogP contribution is -2.51. The quantitative estimate of drug-likeness (QED) is 0.880. The van der Waals surface area contributed by atoms with Crippen molar-refractivity contribution in [2.75, 3.05) is 38.0 Å². The highest BCUT2D eigenvalue weighted by Gasteiger charge is 2.22. The molecule has 1 saturated heterocycles. The molecule has 1 unspecified atom stereocenters. The highest BCUT2D eigenvalue weighted by molar-refractivity contribution is 5.37. The van der Waals surface area contributed by atoms with Crippen LogP contribution in [0.15, 0.2) is 18.3 Å². The number of aromatic nitrogens is 1. The zero-order valence-corrected chi connectivity index (χ0v) is 12.4. The molecule has 2 rings (SSSR count). The highest BCUT2D eigenvalue weighted by Crippen LogP contribution is 2.14. The van der Waals surface area contributed by atoms with Gasteiger partial charge in [-0.2, -0.15) is 0 Å². The van der Waals surface area contributed by atoms with Gasteiger partial charge in [-0.05, 0) is 38.1 Å². The third-order valence-electron chi connectivity index (χ3n) is 3.84. The van der Waals surface area contributed by atoms with Crippen LogP contribution < -0.4 is 5.32 Å². The van der Waals surface area contributed by atoms with Crippen LogP contribution in [0.1, 0.15) is 26.3 Å². The summed E-state index contributed by atoms with van der Waals surface area (Å²) in [7, 11) is 0. The Hall–Kier alpha value is -1.13. The van der Waals surface area contributed by atoms with Crippen molar-refractivity contribution in [2.45, 2.75) is 33.4 Å². The fourth-order valence-corrected chi connectivity index (χ4v) is 2.79. The Morgan fingerprint density at radius 2 is 2.21 bits per heavy atom. The zero-order valence-electron chi connectivity index (χ0n) is 12.4. The van der Waals surface area contributed by atoms with Crippen molar-refractivity contribution < 1.29 is 0 Å². The summed E-state index contributed by atoms with van der Waals surface area (Å²) in [6.45, 7) is 13.3. The molecule has 0 aliphatic carbocycles. The summed E-state index contributed by atoms with van der Waals surface area (Å²) >= 11 is 0. The Kier molecular flexibility index (Phi) is 5.16. The second-order valence-corrected chi connectivity index (χ2v) is 5.29. The van der Waals surface area contributed by atoms with Crippen molar-refractivity contribution in [1.29, 1.82) is 0 Å². The van der Waals surface area contributed by atoms with E-state index >= 15 is 0 Å². The van der Waals surface area contributed by atoms with Crippen LogP contribution in [-0.4, -0.2) is 53.5 Å². The number of nitrogens with one attached hydrogen (secondary N) is 1. The lowest BCUT2D eigenvalue weighted by Gasteiger charge is -2.39. The number of hydrogen-bond acceptors (Lipinski definition) is 4. The first-order valence-corrected chi connectivity index (χ1v) is 7.38. The van der Waals surface area contributed by atoms with Crippen molar-refractivity contribution in [2.24, 2.45) is 0 Å². The van der Waals surface area contributed by atoms with Crippen LogP contribution in [0, 0.1) is 0 Å². The van der Waals surface area contributed by atoms with Crippen molar-refractivity contribution in [1.82, 2.24) is 14.8 Å². The van der Waals surface area contributed by atoms with Gasteiger partial charge in [0.1, 0.15) is 5.82 Å². The molecule has 0 saturated carbocycles. The van der Waals surface area contributed by atoms with Gasteiger partial charge >= 0.3 is 0 Å². The molecule has 106 valence electrons. The van der Waals surface area contributed by atoms with E-state index in [9.17, 15) is 0 Å². The van der Waals surface area contributed by atoms with E-state index in [1.165, 1.54) is 12.1 Å². The largest absolute Gasteiger partial charge is 0.370 e. The normalized spacial score (nSPS) is 21.5. The smallest absolute Gasteiger partial charge is 0.126 e. The molecular weight excluding hydrogens is 236 g/mol. The van der Waals surface area contributed by atoms with Crippen LogP contribution in [-0.2, 0) is 6.54 Å². The van der Waals surface area contributed by atoms with Gasteiger partial charge in [-0.3, -0.25) is 9.80 Å². The monoisotopic (exact) mass is 262 g/mol. The van der Waals surface area contributed by atoms with Crippen molar-refractivity contribution in [3.63, 3.8) is 0 Å². The minimum Gasteiger partial charge on any atom is -0.370 e. The first kappa shape index (κ1) is 14.3. The van der Waals surface area contributed by atoms with E-state index in [4.69, 9.17) is 0 Å². The van der Waals surface area contributed by atoms with Gasteiger partial charge in [0, 0.05) is 45.0 Å². The third-order valence-corrected chi connectivity index (χ3v) is 3.84. The number of likely N-dealkylation sites (N-methyl/N-ethyl adjacent to an activating group) is 1. The van der Waals surface area contributed by atoms with E-state index in [0.717, 1.165) is 38.5 Å². The third kappa shape index (κ3) is 3.91. The zero-order chi connectivity index (χ0) is 13.7. The molecule has 2 heterocycles. The number of piperazine rings is 1. The second-order valence-electron chi connectivity index (χ2n) is 5.29. The summed E-state index contributed by atoms with van der Waals surface area (Å²) < 4.78 is 0. The molecule has 0 radical (unpaired) electrons. The summed E-state index contributed by atoms with van der Waals surface area (Å²) in [6.07, 6.45) is 1.90. The fourth-order valence-electron chi connectivity index (χ4n) is 2.79. The molecule has 1 atom stereocenters. The number of pyridine rings is 1. The number of anilines is 1. The van der Waals surface area contributed by atoms with Gasteiger partial charge in [-0.1, -0.05) is 6.92 Å². The van der Waals surface area contributed by atoms with Crippen molar-refractivity contribution in [3.05, 3.63) is 23.9 Å². The minimum absolute atomic E-state index is 0.661. The maximum absolute atomic E-state index is 4.32. The Morgan fingerprint density at radius 1 is 1.37 bits per heavy atom. The van der Waals surface area contributed by atoms with E-state index in [2.05, 4.69) is 53.0 Å². The van der Waals surface area contributed by atoms with Crippen LogP contribution in [0.3, 0.4) is 0 Å². The summed E-state index contributed by atoms with van der Waals surface area (Å²) in [6, 6.07) is 4.95.